The van der Waals surface area contributed by atoms with Gasteiger partial charge in [0.2, 0.25) is 15.9 Å². The molecule has 1 atom stereocenters. The van der Waals surface area contributed by atoms with Crippen LogP contribution in [0.25, 0.3) is 10.4 Å². The molecule has 1 fully saturated rings. The molecule has 3 aromatic rings. The molecular formula is C30H27N5O5S. The Labute approximate surface area is 238 Å². The van der Waals surface area contributed by atoms with E-state index in [9.17, 15) is 18.5 Å². The van der Waals surface area contributed by atoms with Crippen molar-refractivity contribution >= 4 is 27.2 Å². The van der Waals surface area contributed by atoms with Crippen LogP contribution in [0.2, 0.25) is 0 Å². The summed E-state index contributed by atoms with van der Waals surface area (Å²) >= 11 is 0. The number of pyridine rings is 1. The number of ether oxygens (including phenoxy) is 2. The minimum atomic E-state index is -3.94. The monoisotopic (exact) mass is 569 g/mol. The number of anilines is 1. The normalized spacial score (nSPS) is 17.7. The Hall–Kier alpha value is -4.71. The van der Waals surface area contributed by atoms with E-state index in [1.165, 1.54) is 21.3 Å². The van der Waals surface area contributed by atoms with Crippen molar-refractivity contribution in [2.75, 3.05) is 24.7 Å². The van der Waals surface area contributed by atoms with Crippen molar-refractivity contribution in [3.63, 3.8) is 0 Å². The standard InChI is InChI=1S/C30H27N5O5S/c1-3-15-39-23-8-6-21(7-9-23)19-34-28-11-10-25(16-26(28)29(30(34)36)27(17-31)32-2)41(37,38)35-14-12-22(35)20-40-24-5-4-13-33-18-24/h4-11,13,16,18,22H,3,12,14-15,19-20H2,1H3/b29-27+/t22-/m0/s1. The van der Waals surface area contributed by atoms with Gasteiger partial charge in [-0.3, -0.25) is 9.78 Å². The zero-order chi connectivity index (χ0) is 29.0. The van der Waals surface area contributed by atoms with Crippen molar-refractivity contribution in [3.05, 3.63) is 95.2 Å². The molecule has 0 saturated carbocycles. The predicted molar refractivity (Wildman–Crippen MR) is 151 cm³/mol. The molecule has 0 bridgehead atoms. The summed E-state index contributed by atoms with van der Waals surface area (Å²) in [4.78, 5) is 22.2. The minimum Gasteiger partial charge on any atom is -0.494 e. The summed E-state index contributed by atoms with van der Waals surface area (Å²) < 4.78 is 40.0. The van der Waals surface area contributed by atoms with Crippen LogP contribution in [0.5, 0.6) is 11.5 Å². The van der Waals surface area contributed by atoms with E-state index in [-0.39, 0.29) is 40.9 Å². The number of allylic oxidation sites excluding steroid dienone is 1. The lowest BCUT2D eigenvalue weighted by Gasteiger charge is -2.39. The van der Waals surface area contributed by atoms with E-state index in [0.717, 1.165) is 12.0 Å². The van der Waals surface area contributed by atoms with Crippen LogP contribution >= 0.6 is 0 Å². The molecule has 41 heavy (non-hydrogen) atoms. The van der Waals surface area contributed by atoms with E-state index in [1.54, 1.807) is 36.7 Å². The molecule has 11 heteroatoms. The molecule has 0 aliphatic carbocycles. The summed E-state index contributed by atoms with van der Waals surface area (Å²) in [6, 6.07) is 16.7. The molecular weight excluding hydrogens is 542 g/mol. The number of fused-ring (bicyclic) bond motifs is 1. The van der Waals surface area contributed by atoms with Gasteiger partial charge in [-0.1, -0.05) is 19.1 Å². The van der Waals surface area contributed by atoms with Gasteiger partial charge in [0, 0.05) is 18.3 Å². The van der Waals surface area contributed by atoms with Crippen LogP contribution in [0.4, 0.5) is 5.69 Å². The van der Waals surface area contributed by atoms with Crippen molar-refractivity contribution in [3.8, 4) is 17.6 Å². The quantitative estimate of drug-likeness (QED) is 0.202. The molecule has 1 saturated heterocycles. The predicted octanol–water partition coefficient (Wildman–Crippen LogP) is 4.41. The lowest BCUT2D eigenvalue weighted by molar-refractivity contribution is -0.113. The number of amides is 1. The van der Waals surface area contributed by atoms with E-state index in [4.69, 9.17) is 16.0 Å². The van der Waals surface area contributed by atoms with Gasteiger partial charge in [0.05, 0.1) is 54.2 Å². The Morgan fingerprint density at radius 3 is 2.61 bits per heavy atom. The number of carbonyl (C=O) groups excluding carboxylic acids is 1. The first-order valence-corrected chi connectivity index (χ1v) is 14.6. The minimum absolute atomic E-state index is 0.0193. The van der Waals surface area contributed by atoms with Crippen LogP contribution in [0.15, 0.2) is 77.6 Å². The number of carbonyl (C=O) groups is 1. The summed E-state index contributed by atoms with van der Waals surface area (Å²) in [7, 11) is -3.94. The van der Waals surface area contributed by atoms with Crippen LogP contribution in [-0.2, 0) is 21.4 Å². The zero-order valence-corrected chi connectivity index (χ0v) is 23.2. The summed E-state index contributed by atoms with van der Waals surface area (Å²) in [5.41, 5.74) is 1.01. The number of hydrogen-bond acceptors (Lipinski definition) is 7. The highest BCUT2D eigenvalue weighted by Crippen LogP contribution is 2.42. The average molecular weight is 570 g/mol. The number of nitriles is 1. The maximum atomic E-state index is 13.6. The van der Waals surface area contributed by atoms with E-state index in [2.05, 4.69) is 9.83 Å². The van der Waals surface area contributed by atoms with Gasteiger partial charge in [-0.15, -0.1) is 0 Å². The molecule has 10 nitrogen and oxygen atoms in total. The van der Waals surface area contributed by atoms with Gasteiger partial charge in [0.1, 0.15) is 18.1 Å². The van der Waals surface area contributed by atoms with Crippen molar-refractivity contribution in [2.24, 2.45) is 0 Å². The lowest BCUT2D eigenvalue weighted by Crippen LogP contribution is -2.53. The van der Waals surface area contributed by atoms with Crippen LogP contribution in [0.3, 0.4) is 0 Å². The van der Waals surface area contributed by atoms with Crippen LogP contribution in [0.1, 0.15) is 30.9 Å². The number of rotatable bonds is 10. The Balaban J connectivity index is 1.43. The molecule has 0 radical (unpaired) electrons. The Morgan fingerprint density at radius 2 is 1.98 bits per heavy atom. The fourth-order valence-electron chi connectivity index (χ4n) is 4.75. The maximum absolute atomic E-state index is 13.6. The Morgan fingerprint density at radius 1 is 1.17 bits per heavy atom. The summed E-state index contributed by atoms with van der Waals surface area (Å²) in [5.74, 6) is 0.739. The number of benzene rings is 2. The fraction of sp³-hybridized carbons (Fsp3) is 0.267. The van der Waals surface area contributed by atoms with Crippen molar-refractivity contribution in [2.45, 2.75) is 37.2 Å². The summed E-state index contributed by atoms with van der Waals surface area (Å²) in [6.07, 6.45) is 4.71. The fourth-order valence-corrected chi connectivity index (χ4v) is 6.43. The third-order valence-corrected chi connectivity index (χ3v) is 8.90. The number of sulfonamides is 1. The molecule has 2 aliphatic rings. The second-order valence-electron chi connectivity index (χ2n) is 9.57. The third kappa shape index (κ3) is 5.50. The summed E-state index contributed by atoms with van der Waals surface area (Å²) in [5, 5.41) is 9.61. The van der Waals surface area contributed by atoms with Gasteiger partial charge in [-0.05, 0) is 60.9 Å². The molecule has 0 spiro atoms. The molecule has 208 valence electrons. The van der Waals surface area contributed by atoms with Gasteiger partial charge in [0.25, 0.3) is 5.70 Å². The van der Waals surface area contributed by atoms with Gasteiger partial charge < -0.3 is 14.4 Å². The van der Waals surface area contributed by atoms with Gasteiger partial charge in [0.15, 0.2) is 0 Å². The van der Waals surface area contributed by atoms with E-state index < -0.39 is 15.9 Å². The topological polar surface area (TPSA) is 117 Å². The van der Waals surface area contributed by atoms with E-state index in [1.807, 2.05) is 31.2 Å². The highest BCUT2D eigenvalue weighted by molar-refractivity contribution is 7.89. The van der Waals surface area contributed by atoms with Crippen LogP contribution in [0, 0.1) is 17.9 Å². The van der Waals surface area contributed by atoms with E-state index >= 15 is 0 Å². The first kappa shape index (κ1) is 27.8. The van der Waals surface area contributed by atoms with Gasteiger partial charge in [-0.25, -0.2) is 18.5 Å². The highest BCUT2D eigenvalue weighted by Gasteiger charge is 2.41. The molecule has 0 unspecified atom stereocenters. The van der Waals surface area contributed by atoms with Crippen LogP contribution < -0.4 is 14.4 Å². The van der Waals surface area contributed by atoms with Crippen molar-refractivity contribution < 1.29 is 22.7 Å². The lowest BCUT2D eigenvalue weighted by atomic mass is 10.1. The second kappa shape index (κ2) is 11.8. The molecule has 1 amide bonds. The number of nitrogens with zero attached hydrogens (tertiary/aromatic N) is 5. The highest BCUT2D eigenvalue weighted by atomic mass is 32.2. The van der Waals surface area contributed by atoms with Crippen molar-refractivity contribution in [1.82, 2.24) is 9.29 Å². The second-order valence-corrected chi connectivity index (χ2v) is 11.5. The molecule has 2 aliphatic heterocycles. The van der Waals surface area contributed by atoms with Crippen LogP contribution in [-0.4, -0.2) is 49.4 Å². The van der Waals surface area contributed by atoms with Gasteiger partial charge >= 0.3 is 0 Å². The molecule has 0 N–H and O–H groups in total. The zero-order valence-electron chi connectivity index (χ0n) is 22.4. The largest absolute Gasteiger partial charge is 0.494 e. The third-order valence-electron chi connectivity index (χ3n) is 6.95. The molecule has 5 rings (SSSR count). The Kier molecular flexibility index (Phi) is 8.02. The number of hydrogen-bond donors (Lipinski definition) is 0. The average Bonchev–Trinajstić information content (AvgIpc) is 3.23. The van der Waals surface area contributed by atoms with Crippen molar-refractivity contribution in [1.29, 1.82) is 5.26 Å². The first-order chi connectivity index (χ1) is 19.9. The SMILES string of the molecule is [C-]#[N+]/C(C#N)=C1/C(=O)N(Cc2ccc(OCCC)cc2)c2ccc(S(=O)(=O)N3CC[C@H]3COc3cccnc3)cc21. The van der Waals surface area contributed by atoms with Gasteiger partial charge in [-0.2, -0.15) is 4.31 Å². The maximum Gasteiger partial charge on any atom is 0.275 e. The number of aromatic nitrogens is 1. The molecule has 1 aromatic heterocycles. The molecule has 3 heterocycles. The first-order valence-electron chi connectivity index (χ1n) is 13.1. The molecule has 2 aromatic carbocycles. The smallest absolute Gasteiger partial charge is 0.275 e. The summed E-state index contributed by atoms with van der Waals surface area (Å²) in [6.45, 7) is 10.8. The Bertz CT molecular complexity index is 1660. The van der Waals surface area contributed by atoms with E-state index in [0.29, 0.717) is 36.8 Å².